The van der Waals surface area contributed by atoms with Gasteiger partial charge in [0.1, 0.15) is 6.54 Å². The summed E-state index contributed by atoms with van der Waals surface area (Å²) in [7, 11) is -3.67. The van der Waals surface area contributed by atoms with Gasteiger partial charge in [-0.25, -0.2) is 8.42 Å². The Labute approximate surface area is 165 Å². The number of benzene rings is 2. The van der Waals surface area contributed by atoms with Crippen molar-refractivity contribution in [3.8, 4) is 0 Å². The quantitative estimate of drug-likeness (QED) is 0.664. The van der Waals surface area contributed by atoms with Gasteiger partial charge in [-0.15, -0.1) is 6.58 Å². The van der Waals surface area contributed by atoms with E-state index in [-0.39, 0.29) is 18.0 Å². The average molecular weight is 401 g/mol. The van der Waals surface area contributed by atoms with Gasteiger partial charge in [-0.3, -0.25) is 13.9 Å². The summed E-state index contributed by atoms with van der Waals surface area (Å²) in [5.41, 5.74) is 1.94. The van der Waals surface area contributed by atoms with Crippen molar-refractivity contribution >= 4 is 33.2 Å². The SMILES string of the molecule is C=CCNC(=O)c1ccccc1NC(=O)CN(c1ccc(C)cc1)S(C)(=O)=O. The number of amides is 2. The lowest BCUT2D eigenvalue weighted by atomic mass is 10.1. The van der Waals surface area contributed by atoms with Gasteiger partial charge < -0.3 is 10.6 Å². The first-order valence-electron chi connectivity index (χ1n) is 8.54. The second kappa shape index (κ2) is 9.18. The minimum absolute atomic E-state index is 0.277. The third-order valence-corrected chi connectivity index (χ3v) is 5.00. The van der Waals surface area contributed by atoms with Crippen LogP contribution in [0.2, 0.25) is 0 Å². The van der Waals surface area contributed by atoms with Crippen LogP contribution in [0.4, 0.5) is 11.4 Å². The number of carbonyl (C=O) groups excluding carboxylic acids is 2. The average Bonchev–Trinajstić information content (AvgIpc) is 2.64. The second-order valence-corrected chi connectivity index (χ2v) is 8.10. The summed E-state index contributed by atoms with van der Waals surface area (Å²) in [6, 6.07) is 13.3. The Hall–Kier alpha value is -3.13. The maximum atomic E-state index is 12.5. The van der Waals surface area contributed by atoms with Gasteiger partial charge in [0.15, 0.2) is 0 Å². The van der Waals surface area contributed by atoms with Crippen LogP contribution in [0.5, 0.6) is 0 Å². The van der Waals surface area contributed by atoms with E-state index in [9.17, 15) is 18.0 Å². The first-order valence-corrected chi connectivity index (χ1v) is 10.4. The molecule has 0 heterocycles. The van der Waals surface area contributed by atoms with E-state index in [1.54, 1.807) is 54.6 Å². The topological polar surface area (TPSA) is 95.6 Å². The number of anilines is 2. The Kier molecular flexibility index (Phi) is 6.94. The standard InChI is InChI=1S/C20H23N3O4S/c1-4-13-21-20(25)17-7-5-6-8-18(17)22-19(24)14-23(28(3,26)27)16-11-9-15(2)10-12-16/h4-12H,1,13-14H2,2-3H3,(H,21,25)(H,22,24). The van der Waals surface area contributed by atoms with Crippen LogP contribution < -0.4 is 14.9 Å². The number of carbonyl (C=O) groups is 2. The smallest absolute Gasteiger partial charge is 0.253 e. The molecular formula is C20H23N3O4S. The molecule has 0 fully saturated rings. The molecule has 0 saturated heterocycles. The molecule has 7 nitrogen and oxygen atoms in total. The van der Waals surface area contributed by atoms with Crippen LogP contribution >= 0.6 is 0 Å². The molecule has 0 aromatic heterocycles. The van der Waals surface area contributed by atoms with Gasteiger partial charge in [0.2, 0.25) is 15.9 Å². The molecule has 148 valence electrons. The van der Waals surface area contributed by atoms with E-state index in [2.05, 4.69) is 17.2 Å². The zero-order valence-electron chi connectivity index (χ0n) is 15.8. The molecule has 2 aromatic rings. The number of hydrogen-bond donors (Lipinski definition) is 2. The molecule has 2 rings (SSSR count). The van der Waals surface area contributed by atoms with Gasteiger partial charge in [-0.2, -0.15) is 0 Å². The van der Waals surface area contributed by atoms with Crippen LogP contribution in [0.3, 0.4) is 0 Å². The normalized spacial score (nSPS) is 10.8. The Balaban J connectivity index is 2.21. The summed E-state index contributed by atoms with van der Waals surface area (Å²) >= 11 is 0. The van der Waals surface area contributed by atoms with E-state index in [1.165, 1.54) is 0 Å². The van der Waals surface area contributed by atoms with E-state index < -0.39 is 22.5 Å². The molecule has 0 aliphatic rings. The summed E-state index contributed by atoms with van der Waals surface area (Å²) in [6.45, 7) is 5.30. The highest BCUT2D eigenvalue weighted by Crippen LogP contribution is 2.19. The van der Waals surface area contributed by atoms with Crippen LogP contribution in [-0.4, -0.2) is 39.6 Å². The first kappa shape index (κ1) is 21.2. The summed E-state index contributed by atoms with van der Waals surface area (Å²) in [6.07, 6.45) is 2.58. The first-order chi connectivity index (χ1) is 13.2. The minimum atomic E-state index is -3.67. The van der Waals surface area contributed by atoms with Gasteiger partial charge in [-0.1, -0.05) is 35.9 Å². The minimum Gasteiger partial charge on any atom is -0.349 e. The molecule has 0 bridgehead atoms. The van der Waals surface area contributed by atoms with Crippen molar-refractivity contribution in [2.75, 3.05) is 29.0 Å². The Morgan fingerprint density at radius 3 is 2.36 bits per heavy atom. The van der Waals surface area contributed by atoms with Crippen molar-refractivity contribution < 1.29 is 18.0 Å². The highest BCUT2D eigenvalue weighted by molar-refractivity contribution is 7.92. The Morgan fingerprint density at radius 1 is 1.11 bits per heavy atom. The summed E-state index contributed by atoms with van der Waals surface area (Å²) in [4.78, 5) is 24.8. The van der Waals surface area contributed by atoms with Crippen molar-refractivity contribution in [1.82, 2.24) is 5.32 Å². The number of rotatable bonds is 8. The third kappa shape index (κ3) is 5.68. The zero-order valence-corrected chi connectivity index (χ0v) is 16.6. The summed E-state index contributed by atoms with van der Waals surface area (Å²) in [5, 5.41) is 5.26. The lowest BCUT2D eigenvalue weighted by molar-refractivity contribution is -0.114. The molecule has 2 aromatic carbocycles. The van der Waals surface area contributed by atoms with Gasteiger partial charge >= 0.3 is 0 Å². The van der Waals surface area contributed by atoms with Crippen LogP contribution in [0, 0.1) is 6.92 Å². The molecule has 0 aliphatic carbocycles. The number of nitrogens with one attached hydrogen (secondary N) is 2. The number of sulfonamides is 1. The van der Waals surface area contributed by atoms with Crippen LogP contribution in [0.25, 0.3) is 0 Å². The highest BCUT2D eigenvalue weighted by Gasteiger charge is 2.21. The van der Waals surface area contributed by atoms with E-state index in [0.717, 1.165) is 16.1 Å². The molecule has 8 heteroatoms. The monoisotopic (exact) mass is 401 g/mol. The lowest BCUT2D eigenvalue weighted by Gasteiger charge is -2.22. The number of aryl methyl sites for hydroxylation is 1. The van der Waals surface area contributed by atoms with Crippen molar-refractivity contribution in [2.45, 2.75) is 6.92 Å². The van der Waals surface area contributed by atoms with Crippen LogP contribution in [-0.2, 0) is 14.8 Å². The van der Waals surface area contributed by atoms with Gasteiger partial charge in [0.05, 0.1) is 23.2 Å². The fraction of sp³-hybridized carbons (Fsp3) is 0.200. The molecule has 2 N–H and O–H groups in total. The van der Waals surface area contributed by atoms with Crippen molar-refractivity contribution in [3.63, 3.8) is 0 Å². The lowest BCUT2D eigenvalue weighted by Crippen LogP contribution is -2.37. The van der Waals surface area contributed by atoms with E-state index >= 15 is 0 Å². The highest BCUT2D eigenvalue weighted by atomic mass is 32.2. The maximum absolute atomic E-state index is 12.5. The summed E-state index contributed by atoms with van der Waals surface area (Å²) in [5.74, 6) is -0.927. The summed E-state index contributed by atoms with van der Waals surface area (Å²) < 4.78 is 25.4. The maximum Gasteiger partial charge on any atom is 0.253 e. The predicted molar refractivity (Wildman–Crippen MR) is 111 cm³/mol. The molecule has 0 unspecified atom stereocenters. The number of nitrogens with zero attached hydrogens (tertiary/aromatic N) is 1. The number of hydrogen-bond acceptors (Lipinski definition) is 4. The largest absolute Gasteiger partial charge is 0.349 e. The van der Waals surface area contributed by atoms with Crippen molar-refractivity contribution in [2.24, 2.45) is 0 Å². The molecule has 0 atom stereocenters. The fourth-order valence-electron chi connectivity index (χ4n) is 2.48. The van der Waals surface area contributed by atoms with Gasteiger partial charge in [0, 0.05) is 6.54 Å². The molecule has 28 heavy (non-hydrogen) atoms. The van der Waals surface area contributed by atoms with E-state index in [4.69, 9.17) is 0 Å². The molecule has 0 spiro atoms. The zero-order chi connectivity index (χ0) is 20.7. The predicted octanol–water partition coefficient (Wildman–Crippen LogP) is 2.32. The molecule has 0 saturated carbocycles. The van der Waals surface area contributed by atoms with Crippen LogP contribution in [0.1, 0.15) is 15.9 Å². The van der Waals surface area contributed by atoms with Crippen molar-refractivity contribution in [1.29, 1.82) is 0 Å². The van der Waals surface area contributed by atoms with Crippen LogP contribution in [0.15, 0.2) is 61.2 Å². The van der Waals surface area contributed by atoms with E-state index in [0.29, 0.717) is 11.4 Å². The second-order valence-electron chi connectivity index (χ2n) is 6.20. The van der Waals surface area contributed by atoms with E-state index in [1.807, 2.05) is 6.92 Å². The Morgan fingerprint density at radius 2 is 1.75 bits per heavy atom. The Bertz CT molecular complexity index is 969. The van der Waals surface area contributed by atoms with Gasteiger partial charge in [0.25, 0.3) is 5.91 Å². The number of para-hydroxylation sites is 1. The van der Waals surface area contributed by atoms with Gasteiger partial charge in [-0.05, 0) is 31.2 Å². The molecule has 0 aliphatic heterocycles. The third-order valence-electron chi connectivity index (χ3n) is 3.86. The fourth-order valence-corrected chi connectivity index (χ4v) is 3.34. The molecule has 0 radical (unpaired) electrons. The molecular weight excluding hydrogens is 378 g/mol. The molecule has 2 amide bonds. The van der Waals surface area contributed by atoms with Crippen molar-refractivity contribution in [3.05, 3.63) is 72.3 Å².